The number of Topliss-reactive ketones (excluding diaryl/α,β-unsaturated/α-hetero) is 1. The van der Waals surface area contributed by atoms with Gasteiger partial charge < -0.3 is 10.1 Å². The molecular weight excluding hydrogens is 362 g/mol. The van der Waals surface area contributed by atoms with Gasteiger partial charge in [-0.3, -0.25) is 14.4 Å². The van der Waals surface area contributed by atoms with Gasteiger partial charge in [0.1, 0.15) is 0 Å². The average molecular weight is 381 g/mol. The highest BCUT2D eigenvalue weighted by Gasteiger charge is 2.19. The van der Waals surface area contributed by atoms with Crippen molar-refractivity contribution in [2.75, 3.05) is 5.32 Å². The van der Waals surface area contributed by atoms with Crippen LogP contribution in [0.4, 0.5) is 5.69 Å². The van der Waals surface area contributed by atoms with Crippen molar-refractivity contribution in [1.29, 1.82) is 0 Å². The summed E-state index contributed by atoms with van der Waals surface area (Å²) in [6, 6.07) is 16.8. The van der Waals surface area contributed by atoms with Crippen LogP contribution < -0.4 is 5.32 Å². The molecule has 3 aromatic rings. The smallest absolute Gasteiger partial charge is 0.307 e. The monoisotopic (exact) mass is 381 g/mol. The van der Waals surface area contributed by atoms with Gasteiger partial charge >= 0.3 is 5.97 Å². The Bertz CT molecular complexity index is 960. The van der Waals surface area contributed by atoms with Crippen molar-refractivity contribution in [2.45, 2.75) is 25.9 Å². The first-order valence-corrected chi connectivity index (χ1v) is 9.47. The molecule has 27 heavy (non-hydrogen) atoms. The molecule has 0 saturated heterocycles. The maximum atomic E-state index is 12.4. The minimum Gasteiger partial charge on any atom is -0.453 e. The molecule has 1 N–H and O–H groups in total. The number of carbonyl (C=O) groups excluding carboxylic acids is 3. The summed E-state index contributed by atoms with van der Waals surface area (Å²) in [6.07, 6.45) is -0.937. The number of nitrogens with one attached hydrogen (secondary N) is 1. The number of hydrogen-bond acceptors (Lipinski definition) is 5. The summed E-state index contributed by atoms with van der Waals surface area (Å²) in [5.74, 6) is -1.08. The van der Waals surface area contributed by atoms with Crippen LogP contribution in [0.2, 0.25) is 0 Å². The number of fused-ring (bicyclic) bond motifs is 1. The second-order valence-electron chi connectivity index (χ2n) is 6.05. The first-order valence-electron chi connectivity index (χ1n) is 8.59. The molecule has 138 valence electrons. The van der Waals surface area contributed by atoms with Crippen molar-refractivity contribution in [3.63, 3.8) is 0 Å². The van der Waals surface area contributed by atoms with E-state index in [0.29, 0.717) is 10.6 Å². The Balaban J connectivity index is 1.54. The molecule has 0 aliphatic carbocycles. The molecule has 3 rings (SSSR count). The molecule has 1 atom stereocenters. The second-order valence-corrected chi connectivity index (χ2v) is 7.00. The fraction of sp³-hybridized carbons (Fsp3) is 0.190. The molecule has 2 aromatic carbocycles. The summed E-state index contributed by atoms with van der Waals surface area (Å²) in [5, 5.41) is 6.52. The van der Waals surface area contributed by atoms with E-state index in [2.05, 4.69) is 5.32 Å². The minimum atomic E-state index is -0.951. The van der Waals surface area contributed by atoms with Crippen LogP contribution >= 0.6 is 11.3 Å². The van der Waals surface area contributed by atoms with Crippen LogP contribution in [0.5, 0.6) is 0 Å². The van der Waals surface area contributed by atoms with Crippen LogP contribution in [0.3, 0.4) is 0 Å². The van der Waals surface area contributed by atoms with Crippen LogP contribution in [0, 0.1) is 0 Å². The lowest BCUT2D eigenvalue weighted by Gasteiger charge is -2.14. The Morgan fingerprint density at radius 1 is 1.00 bits per heavy atom. The van der Waals surface area contributed by atoms with Crippen LogP contribution in [-0.2, 0) is 14.3 Å². The predicted octanol–water partition coefficient (Wildman–Crippen LogP) is 4.43. The van der Waals surface area contributed by atoms with E-state index in [-0.39, 0.29) is 18.6 Å². The lowest BCUT2D eigenvalue weighted by molar-refractivity contribution is -0.153. The minimum absolute atomic E-state index is 0.0530. The van der Waals surface area contributed by atoms with Crippen LogP contribution in [-0.4, -0.2) is 23.8 Å². The normalized spacial score (nSPS) is 11.7. The standard InChI is InChI=1S/C21H19NO4S/c1-14(26-20(24)12-11-18(23)19-10-5-13-27-19)21(25)22-17-9-4-7-15-6-2-3-8-16(15)17/h2-10,13-14H,11-12H2,1H3,(H,22,25)/t14-/m0/s1. The Kier molecular flexibility index (Phi) is 5.98. The summed E-state index contributed by atoms with van der Waals surface area (Å²) in [4.78, 5) is 36.8. The molecular formula is C21H19NO4S. The third-order valence-electron chi connectivity index (χ3n) is 4.08. The van der Waals surface area contributed by atoms with Gasteiger partial charge in [0.05, 0.1) is 11.3 Å². The van der Waals surface area contributed by atoms with Gasteiger partial charge in [-0.05, 0) is 29.8 Å². The molecule has 6 heteroatoms. The number of benzene rings is 2. The fourth-order valence-electron chi connectivity index (χ4n) is 2.65. The highest BCUT2D eigenvalue weighted by Crippen LogP contribution is 2.23. The maximum absolute atomic E-state index is 12.4. The first kappa shape index (κ1) is 18.8. The molecule has 0 saturated carbocycles. The average Bonchev–Trinajstić information content (AvgIpc) is 3.21. The maximum Gasteiger partial charge on any atom is 0.307 e. The Labute approximate surface area is 161 Å². The van der Waals surface area contributed by atoms with E-state index in [1.54, 1.807) is 18.2 Å². The number of thiophene rings is 1. The van der Waals surface area contributed by atoms with Crippen molar-refractivity contribution in [1.82, 2.24) is 0 Å². The molecule has 0 aliphatic heterocycles. The molecule has 0 bridgehead atoms. The van der Waals surface area contributed by atoms with E-state index in [0.717, 1.165) is 10.8 Å². The zero-order valence-electron chi connectivity index (χ0n) is 14.8. The number of ketones is 1. The Hall–Kier alpha value is -2.99. The summed E-state index contributed by atoms with van der Waals surface area (Å²) >= 11 is 1.34. The van der Waals surface area contributed by atoms with E-state index in [1.807, 2.05) is 41.8 Å². The summed E-state index contributed by atoms with van der Waals surface area (Å²) < 4.78 is 5.16. The predicted molar refractivity (Wildman–Crippen MR) is 106 cm³/mol. The molecule has 0 fully saturated rings. The van der Waals surface area contributed by atoms with Crippen LogP contribution in [0.25, 0.3) is 10.8 Å². The van der Waals surface area contributed by atoms with E-state index >= 15 is 0 Å². The Morgan fingerprint density at radius 2 is 1.78 bits per heavy atom. The lowest BCUT2D eigenvalue weighted by atomic mass is 10.1. The Morgan fingerprint density at radius 3 is 2.56 bits per heavy atom. The van der Waals surface area contributed by atoms with Crippen molar-refractivity contribution in [3.05, 3.63) is 64.9 Å². The zero-order chi connectivity index (χ0) is 19.2. The van der Waals surface area contributed by atoms with Gasteiger partial charge in [-0.25, -0.2) is 0 Å². The molecule has 0 aliphatic rings. The molecule has 0 radical (unpaired) electrons. The molecule has 5 nitrogen and oxygen atoms in total. The van der Waals surface area contributed by atoms with Crippen molar-refractivity contribution in [2.24, 2.45) is 0 Å². The summed E-state index contributed by atoms with van der Waals surface area (Å²) in [6.45, 7) is 1.51. The third-order valence-corrected chi connectivity index (χ3v) is 4.99. The molecule has 1 aromatic heterocycles. The SMILES string of the molecule is C[C@H](OC(=O)CCC(=O)c1cccs1)C(=O)Nc1cccc2ccccc12. The molecule has 0 unspecified atom stereocenters. The van der Waals surface area contributed by atoms with Gasteiger partial charge in [0.25, 0.3) is 5.91 Å². The van der Waals surface area contributed by atoms with Crippen molar-refractivity contribution >= 4 is 45.5 Å². The molecule has 0 spiro atoms. The number of hydrogen-bond donors (Lipinski definition) is 1. The summed E-state index contributed by atoms with van der Waals surface area (Å²) in [7, 11) is 0. The van der Waals surface area contributed by atoms with Gasteiger partial charge in [0, 0.05) is 17.5 Å². The van der Waals surface area contributed by atoms with E-state index < -0.39 is 18.0 Å². The quantitative estimate of drug-likeness (QED) is 0.485. The van der Waals surface area contributed by atoms with Crippen LogP contribution in [0.15, 0.2) is 60.0 Å². The fourth-order valence-corrected chi connectivity index (χ4v) is 3.35. The van der Waals surface area contributed by atoms with Crippen molar-refractivity contribution < 1.29 is 19.1 Å². The zero-order valence-corrected chi connectivity index (χ0v) is 15.6. The first-order chi connectivity index (χ1) is 13.0. The van der Waals surface area contributed by atoms with E-state index in [1.165, 1.54) is 18.3 Å². The van der Waals surface area contributed by atoms with E-state index in [4.69, 9.17) is 4.74 Å². The van der Waals surface area contributed by atoms with Gasteiger partial charge in [0.2, 0.25) is 0 Å². The lowest BCUT2D eigenvalue weighted by Crippen LogP contribution is -2.30. The number of anilines is 1. The third kappa shape index (κ3) is 4.80. The van der Waals surface area contributed by atoms with Gasteiger partial charge in [-0.1, -0.05) is 42.5 Å². The van der Waals surface area contributed by atoms with Crippen LogP contribution in [0.1, 0.15) is 29.4 Å². The number of ether oxygens (including phenoxy) is 1. The second kappa shape index (κ2) is 8.60. The topological polar surface area (TPSA) is 72.5 Å². The van der Waals surface area contributed by atoms with Gasteiger partial charge in [0.15, 0.2) is 11.9 Å². The van der Waals surface area contributed by atoms with Crippen molar-refractivity contribution in [3.8, 4) is 0 Å². The van der Waals surface area contributed by atoms with E-state index in [9.17, 15) is 14.4 Å². The number of rotatable bonds is 7. The summed E-state index contributed by atoms with van der Waals surface area (Å²) in [5.41, 5.74) is 0.661. The van der Waals surface area contributed by atoms with Gasteiger partial charge in [-0.15, -0.1) is 11.3 Å². The number of carbonyl (C=O) groups is 3. The largest absolute Gasteiger partial charge is 0.453 e. The molecule has 1 heterocycles. The number of amides is 1. The molecule has 1 amide bonds. The van der Waals surface area contributed by atoms with Gasteiger partial charge in [-0.2, -0.15) is 0 Å². The number of esters is 1. The highest BCUT2D eigenvalue weighted by molar-refractivity contribution is 7.12. The highest BCUT2D eigenvalue weighted by atomic mass is 32.1.